The summed E-state index contributed by atoms with van der Waals surface area (Å²) in [7, 11) is 5.43. The molecule has 4 rings (SSSR count). The standard InChI is InChI=1S/C19H21NO4.C12H14BrNO3.C7H8O.3CH4/c1-13-8-5-6-11-16(13)24-12-15-10-7-9-14(2)17(15)18(20-23-4)19(21)22-3;1-8-5-4-6-9(7-13)10(8)11(14-17-3)12(15)16-2;1-6-4-2-3-5-7(6)8;;;/h5-11H,12H2,1-4H3;4-6H,7H2,1-3H3;2-5,8H,1H3;3*1H4. The lowest BCUT2D eigenvalue weighted by Crippen LogP contribution is -2.21. The fraction of sp³-hybridized carbons (Fsp3) is 0.317. The molecule has 52 heavy (non-hydrogen) atoms. The lowest BCUT2D eigenvalue weighted by atomic mass is 9.98. The van der Waals surface area contributed by atoms with Crippen molar-refractivity contribution < 1.29 is 38.6 Å². The molecule has 0 aliphatic rings. The van der Waals surface area contributed by atoms with Gasteiger partial charge in [0.25, 0.3) is 0 Å². The van der Waals surface area contributed by atoms with Gasteiger partial charge in [-0.25, -0.2) is 9.59 Å². The Labute approximate surface area is 318 Å². The summed E-state index contributed by atoms with van der Waals surface area (Å²) >= 11 is 3.39. The minimum atomic E-state index is -0.553. The Kier molecular flexibility index (Phi) is 24.2. The first-order valence-corrected chi connectivity index (χ1v) is 16.2. The number of carbonyl (C=O) groups excluding carboxylic acids is 2. The second-order valence-corrected chi connectivity index (χ2v) is 11.0. The van der Waals surface area contributed by atoms with Crippen molar-refractivity contribution in [2.45, 2.75) is 61.9 Å². The van der Waals surface area contributed by atoms with Crippen LogP contribution < -0.4 is 4.74 Å². The molecule has 10 nitrogen and oxygen atoms in total. The van der Waals surface area contributed by atoms with E-state index in [0.29, 0.717) is 23.2 Å². The van der Waals surface area contributed by atoms with Gasteiger partial charge in [0.05, 0.1) is 14.2 Å². The summed E-state index contributed by atoms with van der Waals surface area (Å²) in [4.78, 5) is 33.3. The summed E-state index contributed by atoms with van der Waals surface area (Å²) in [5, 5.41) is 17.1. The van der Waals surface area contributed by atoms with E-state index in [2.05, 4.69) is 26.2 Å². The lowest BCUT2D eigenvalue weighted by Gasteiger charge is -2.15. The fourth-order valence-electron chi connectivity index (χ4n) is 4.55. The summed E-state index contributed by atoms with van der Waals surface area (Å²) < 4.78 is 15.4. The monoisotopic (exact) mass is 782 g/mol. The Bertz CT molecular complexity index is 1730. The highest BCUT2D eigenvalue weighted by molar-refractivity contribution is 9.08. The van der Waals surface area contributed by atoms with Gasteiger partial charge in [-0.2, -0.15) is 0 Å². The van der Waals surface area contributed by atoms with Gasteiger partial charge in [-0.05, 0) is 73.2 Å². The maximum absolute atomic E-state index is 12.1. The number of aryl methyl sites for hydroxylation is 4. The predicted octanol–water partition coefficient (Wildman–Crippen LogP) is 9.43. The van der Waals surface area contributed by atoms with E-state index in [-0.39, 0.29) is 33.7 Å². The number of esters is 2. The van der Waals surface area contributed by atoms with Crippen LogP contribution in [-0.4, -0.2) is 56.9 Å². The minimum absolute atomic E-state index is 0. The van der Waals surface area contributed by atoms with Crippen molar-refractivity contribution in [3.05, 3.63) is 129 Å². The number of para-hydroxylation sites is 2. The Morgan fingerprint density at radius 2 is 1.02 bits per heavy atom. The summed E-state index contributed by atoms with van der Waals surface area (Å²) in [5.41, 5.74) is 7.33. The van der Waals surface area contributed by atoms with Crippen molar-refractivity contribution in [2.75, 3.05) is 28.4 Å². The van der Waals surface area contributed by atoms with Gasteiger partial charge in [-0.1, -0.05) is 121 Å². The molecular formula is C41H55BrN2O8. The van der Waals surface area contributed by atoms with E-state index < -0.39 is 11.9 Å². The third-order valence-corrected chi connectivity index (χ3v) is 7.65. The van der Waals surface area contributed by atoms with Gasteiger partial charge in [-0.3, -0.25) is 0 Å². The van der Waals surface area contributed by atoms with Crippen molar-refractivity contribution in [1.82, 2.24) is 0 Å². The van der Waals surface area contributed by atoms with Crippen LogP contribution in [0.3, 0.4) is 0 Å². The summed E-state index contributed by atoms with van der Waals surface area (Å²) in [6.07, 6.45) is 0. The first-order valence-electron chi connectivity index (χ1n) is 15.1. The third-order valence-electron chi connectivity index (χ3n) is 7.05. The quantitative estimate of drug-likeness (QED) is 0.0730. The number of rotatable bonds is 10. The molecule has 0 saturated carbocycles. The number of nitrogens with zero attached hydrogens (tertiary/aromatic N) is 2. The molecule has 4 aromatic rings. The molecule has 0 aromatic heterocycles. The van der Waals surface area contributed by atoms with Crippen LogP contribution >= 0.6 is 15.9 Å². The predicted molar refractivity (Wildman–Crippen MR) is 215 cm³/mol. The summed E-state index contributed by atoms with van der Waals surface area (Å²) in [6.45, 7) is 7.98. The smallest absolute Gasteiger partial charge is 0.360 e. The number of methoxy groups -OCH3 is 2. The molecule has 0 bridgehead atoms. The molecule has 0 aliphatic heterocycles. The molecule has 0 atom stereocenters. The van der Waals surface area contributed by atoms with Gasteiger partial charge in [0, 0.05) is 16.5 Å². The number of oxime groups is 2. The number of benzene rings is 4. The molecule has 0 spiro atoms. The van der Waals surface area contributed by atoms with Gasteiger partial charge in [0.2, 0.25) is 0 Å². The molecule has 0 amide bonds. The Morgan fingerprint density at radius 1 is 0.596 bits per heavy atom. The number of phenolic OH excluding ortho intramolecular Hbond substituents is 1. The normalized spacial score (nSPS) is 10.2. The lowest BCUT2D eigenvalue weighted by molar-refractivity contribution is -0.133. The highest BCUT2D eigenvalue weighted by Crippen LogP contribution is 2.22. The van der Waals surface area contributed by atoms with E-state index in [4.69, 9.17) is 29.0 Å². The van der Waals surface area contributed by atoms with Crippen LogP contribution in [0, 0.1) is 27.7 Å². The average Bonchev–Trinajstić information content (AvgIpc) is 3.11. The SMILES string of the molecule is C.C.C.CON=C(C(=O)OC)c1c(C)cccc1CBr.CON=C(C(=O)OC)c1c(C)cccc1COc1ccccc1C.Cc1ccccc1O. The molecular weight excluding hydrogens is 728 g/mol. The maximum Gasteiger partial charge on any atom is 0.360 e. The second kappa shape index (κ2) is 25.7. The summed E-state index contributed by atoms with van der Waals surface area (Å²) in [5.74, 6) is 0.104. The zero-order valence-electron chi connectivity index (χ0n) is 29.1. The van der Waals surface area contributed by atoms with E-state index in [1.807, 2.05) is 107 Å². The van der Waals surface area contributed by atoms with Crippen molar-refractivity contribution in [3.8, 4) is 11.5 Å². The highest BCUT2D eigenvalue weighted by Gasteiger charge is 2.22. The second-order valence-electron chi connectivity index (χ2n) is 10.4. The van der Waals surface area contributed by atoms with Gasteiger partial charge in [0.15, 0.2) is 11.4 Å². The van der Waals surface area contributed by atoms with E-state index >= 15 is 0 Å². The van der Waals surface area contributed by atoms with Crippen molar-refractivity contribution >= 4 is 39.3 Å². The number of hydrogen-bond acceptors (Lipinski definition) is 10. The first kappa shape index (κ1) is 49.0. The maximum atomic E-state index is 12.1. The number of aromatic hydroxyl groups is 1. The molecule has 1 N–H and O–H groups in total. The van der Waals surface area contributed by atoms with E-state index in [9.17, 15) is 9.59 Å². The molecule has 4 aromatic carbocycles. The molecule has 284 valence electrons. The summed E-state index contributed by atoms with van der Waals surface area (Å²) in [6, 6.07) is 26.5. The first-order chi connectivity index (χ1) is 23.5. The fourth-order valence-corrected chi connectivity index (χ4v) is 5.02. The molecule has 11 heteroatoms. The van der Waals surface area contributed by atoms with E-state index in [1.165, 1.54) is 28.4 Å². The molecule has 0 aliphatic carbocycles. The van der Waals surface area contributed by atoms with Crippen LogP contribution in [0.4, 0.5) is 0 Å². The molecule has 0 fully saturated rings. The molecule has 0 radical (unpaired) electrons. The van der Waals surface area contributed by atoms with Crippen LogP contribution in [0.5, 0.6) is 11.5 Å². The van der Waals surface area contributed by atoms with Crippen LogP contribution in [0.15, 0.2) is 95.2 Å². The highest BCUT2D eigenvalue weighted by atomic mass is 79.9. The van der Waals surface area contributed by atoms with Gasteiger partial charge < -0.3 is 29.0 Å². The zero-order chi connectivity index (χ0) is 36.3. The van der Waals surface area contributed by atoms with Crippen molar-refractivity contribution in [3.63, 3.8) is 0 Å². The van der Waals surface area contributed by atoms with Gasteiger partial charge >= 0.3 is 11.9 Å². The number of alkyl halides is 1. The van der Waals surface area contributed by atoms with Crippen molar-refractivity contribution in [1.29, 1.82) is 0 Å². The molecule has 0 heterocycles. The molecule has 0 saturated heterocycles. The largest absolute Gasteiger partial charge is 0.508 e. The molecule has 0 unspecified atom stereocenters. The average molecular weight is 784 g/mol. The minimum Gasteiger partial charge on any atom is -0.508 e. The van der Waals surface area contributed by atoms with Gasteiger partial charge in [-0.15, -0.1) is 0 Å². The third kappa shape index (κ3) is 14.2. The number of ether oxygens (including phenoxy) is 3. The van der Waals surface area contributed by atoms with E-state index in [1.54, 1.807) is 6.07 Å². The number of phenols is 1. The topological polar surface area (TPSA) is 125 Å². The Hall–Kier alpha value is -5.16. The number of carbonyl (C=O) groups is 2. The number of hydrogen-bond donors (Lipinski definition) is 1. The number of halogens is 1. The van der Waals surface area contributed by atoms with Crippen LogP contribution in [0.1, 0.15) is 66.8 Å². The Balaban J connectivity index is 0. The van der Waals surface area contributed by atoms with Crippen molar-refractivity contribution in [2.24, 2.45) is 10.3 Å². The van der Waals surface area contributed by atoms with Crippen LogP contribution in [0.25, 0.3) is 0 Å². The van der Waals surface area contributed by atoms with E-state index in [0.717, 1.165) is 44.7 Å². The zero-order valence-corrected chi connectivity index (χ0v) is 30.7. The Morgan fingerprint density at radius 3 is 1.42 bits per heavy atom. The van der Waals surface area contributed by atoms with Crippen LogP contribution in [-0.2, 0) is 40.7 Å². The van der Waals surface area contributed by atoms with Crippen LogP contribution in [0.2, 0.25) is 0 Å². The van der Waals surface area contributed by atoms with Gasteiger partial charge in [0.1, 0.15) is 32.3 Å².